The number of nitrogens with zero attached hydrogens (tertiary/aromatic N) is 1. The maximum Gasteiger partial charge on any atom is 0.410 e. The molecule has 2 rings (SSSR count). The van der Waals surface area contributed by atoms with E-state index in [4.69, 9.17) is 15.2 Å². The number of piperidine rings is 1. The highest BCUT2D eigenvalue weighted by molar-refractivity contribution is 5.68. The van der Waals surface area contributed by atoms with Gasteiger partial charge in [0.15, 0.2) is 0 Å². The number of benzene rings is 1. The monoisotopic (exact) mass is 362 g/mol. The summed E-state index contributed by atoms with van der Waals surface area (Å²) in [4.78, 5) is 14.4. The zero-order valence-electron chi connectivity index (χ0n) is 17.0. The molecule has 1 saturated heterocycles. The van der Waals surface area contributed by atoms with Crippen LogP contribution in [0, 0.1) is 0 Å². The highest BCUT2D eigenvalue weighted by atomic mass is 16.6. The Bertz CT molecular complexity index is 622. The van der Waals surface area contributed by atoms with E-state index in [0.29, 0.717) is 18.2 Å². The van der Waals surface area contributed by atoms with Gasteiger partial charge in [0.05, 0.1) is 11.8 Å². The van der Waals surface area contributed by atoms with E-state index in [1.54, 1.807) is 0 Å². The molecule has 5 nitrogen and oxygen atoms in total. The summed E-state index contributed by atoms with van der Waals surface area (Å²) in [7, 11) is 0. The molecule has 1 aliphatic heterocycles. The first kappa shape index (κ1) is 20.4. The van der Waals surface area contributed by atoms with Crippen molar-refractivity contribution < 1.29 is 14.3 Å². The van der Waals surface area contributed by atoms with Crippen molar-refractivity contribution >= 4 is 11.8 Å². The minimum atomic E-state index is -0.466. The van der Waals surface area contributed by atoms with Crippen molar-refractivity contribution in [3.05, 3.63) is 23.8 Å². The Hall–Kier alpha value is -1.91. The van der Waals surface area contributed by atoms with Gasteiger partial charge in [0.2, 0.25) is 0 Å². The van der Waals surface area contributed by atoms with E-state index in [-0.39, 0.29) is 18.2 Å². The second-order valence-electron chi connectivity index (χ2n) is 8.42. The number of hydrogen-bond acceptors (Lipinski definition) is 4. The van der Waals surface area contributed by atoms with E-state index < -0.39 is 5.60 Å². The van der Waals surface area contributed by atoms with Crippen LogP contribution < -0.4 is 10.5 Å². The maximum atomic E-state index is 12.5. The predicted molar refractivity (Wildman–Crippen MR) is 106 cm³/mol. The lowest BCUT2D eigenvalue weighted by Gasteiger charge is -2.40. The number of anilines is 1. The van der Waals surface area contributed by atoms with E-state index in [9.17, 15) is 4.79 Å². The highest BCUT2D eigenvalue weighted by Gasteiger charge is 2.34. The third-order valence-corrected chi connectivity index (χ3v) is 4.69. The Labute approximate surface area is 157 Å². The molecule has 0 spiro atoms. The van der Waals surface area contributed by atoms with E-state index in [2.05, 4.69) is 19.1 Å². The van der Waals surface area contributed by atoms with Crippen molar-refractivity contribution in [1.29, 1.82) is 0 Å². The minimum absolute atomic E-state index is 0.0879. The third kappa shape index (κ3) is 5.29. The molecule has 0 aliphatic carbocycles. The molecule has 1 fully saturated rings. The molecule has 0 saturated carbocycles. The first-order valence-corrected chi connectivity index (χ1v) is 9.66. The minimum Gasteiger partial charge on any atom is -0.489 e. The standard InChI is InChI=1S/C21H34N2O3/c1-7-17-12-16(10-11-23(17)20(24)26-21(4,5)6)15-8-9-18(22)19(13-15)25-14(2)3/h8-9,13-14,16-17H,7,10-12,22H2,1-6H3/t16-,17-/m1/s1. The van der Waals surface area contributed by atoms with Crippen LogP contribution in [0.5, 0.6) is 5.75 Å². The van der Waals surface area contributed by atoms with Crippen LogP contribution >= 0.6 is 0 Å². The van der Waals surface area contributed by atoms with Gasteiger partial charge in [-0.1, -0.05) is 13.0 Å². The van der Waals surface area contributed by atoms with E-state index >= 15 is 0 Å². The predicted octanol–water partition coefficient (Wildman–Crippen LogP) is 4.95. The van der Waals surface area contributed by atoms with Crippen molar-refractivity contribution in [2.24, 2.45) is 0 Å². The van der Waals surface area contributed by atoms with E-state index in [1.165, 1.54) is 5.56 Å². The number of nitrogen functional groups attached to an aromatic ring is 1. The van der Waals surface area contributed by atoms with Gasteiger partial charge in [0.1, 0.15) is 11.4 Å². The van der Waals surface area contributed by atoms with Crippen LogP contribution in [0.2, 0.25) is 0 Å². The third-order valence-electron chi connectivity index (χ3n) is 4.69. The summed E-state index contributed by atoms with van der Waals surface area (Å²) in [5, 5.41) is 0. The largest absolute Gasteiger partial charge is 0.489 e. The first-order chi connectivity index (χ1) is 12.1. The number of carbonyl (C=O) groups excluding carboxylic acids is 1. The van der Waals surface area contributed by atoms with Crippen molar-refractivity contribution in [3.63, 3.8) is 0 Å². The Morgan fingerprint density at radius 2 is 2.04 bits per heavy atom. The summed E-state index contributed by atoms with van der Waals surface area (Å²) in [6.07, 6.45) is 2.65. The lowest BCUT2D eigenvalue weighted by molar-refractivity contribution is 0.00756. The average Bonchev–Trinajstić information content (AvgIpc) is 2.54. The molecule has 0 unspecified atom stereocenters. The molecule has 5 heteroatoms. The molecule has 26 heavy (non-hydrogen) atoms. The lowest BCUT2D eigenvalue weighted by atomic mass is 9.84. The van der Waals surface area contributed by atoms with Gasteiger partial charge in [-0.3, -0.25) is 0 Å². The Morgan fingerprint density at radius 3 is 2.62 bits per heavy atom. The fourth-order valence-corrected chi connectivity index (χ4v) is 3.46. The van der Waals surface area contributed by atoms with Crippen LogP contribution in [-0.2, 0) is 4.74 Å². The van der Waals surface area contributed by atoms with Crippen LogP contribution in [0.1, 0.15) is 72.3 Å². The average molecular weight is 363 g/mol. The Balaban J connectivity index is 2.12. The van der Waals surface area contributed by atoms with Crippen LogP contribution in [0.15, 0.2) is 18.2 Å². The van der Waals surface area contributed by atoms with Crippen molar-refractivity contribution in [1.82, 2.24) is 4.90 Å². The molecule has 1 aliphatic rings. The van der Waals surface area contributed by atoms with Crippen molar-refractivity contribution in [2.45, 2.75) is 84.5 Å². The molecule has 146 valence electrons. The van der Waals surface area contributed by atoms with Gasteiger partial charge < -0.3 is 20.1 Å². The van der Waals surface area contributed by atoms with Crippen molar-refractivity contribution in [3.8, 4) is 5.75 Å². The molecule has 2 atom stereocenters. The Morgan fingerprint density at radius 1 is 1.35 bits per heavy atom. The summed E-state index contributed by atoms with van der Waals surface area (Å²) in [6.45, 7) is 12.6. The molecule has 0 radical (unpaired) electrons. The number of ether oxygens (including phenoxy) is 2. The quantitative estimate of drug-likeness (QED) is 0.770. The molecule has 2 N–H and O–H groups in total. The van der Waals surface area contributed by atoms with Gasteiger partial charge in [-0.05, 0) is 77.5 Å². The van der Waals surface area contributed by atoms with Crippen LogP contribution in [0.4, 0.5) is 10.5 Å². The van der Waals surface area contributed by atoms with Gasteiger partial charge in [-0.2, -0.15) is 0 Å². The topological polar surface area (TPSA) is 64.8 Å². The molecule has 0 bridgehead atoms. The van der Waals surface area contributed by atoms with Gasteiger partial charge >= 0.3 is 6.09 Å². The van der Waals surface area contributed by atoms with Crippen LogP contribution in [0.3, 0.4) is 0 Å². The molecule has 1 aromatic carbocycles. The summed E-state index contributed by atoms with van der Waals surface area (Å²) in [6, 6.07) is 6.27. The van der Waals surface area contributed by atoms with Crippen LogP contribution in [0.25, 0.3) is 0 Å². The SMILES string of the molecule is CC[C@@H]1C[C@H](c2ccc(N)c(OC(C)C)c2)CCN1C(=O)OC(C)(C)C. The van der Waals surface area contributed by atoms with E-state index in [1.807, 2.05) is 45.6 Å². The number of nitrogens with two attached hydrogens (primary N) is 1. The molecule has 1 amide bonds. The number of carbonyl (C=O) groups is 1. The normalized spacial score (nSPS) is 21.0. The molecular formula is C21H34N2O3. The van der Waals surface area contributed by atoms with Crippen molar-refractivity contribution in [2.75, 3.05) is 12.3 Å². The summed E-state index contributed by atoms with van der Waals surface area (Å²) in [5.74, 6) is 1.15. The molecular weight excluding hydrogens is 328 g/mol. The van der Waals surface area contributed by atoms with Crippen LogP contribution in [-0.4, -0.2) is 35.3 Å². The fourth-order valence-electron chi connectivity index (χ4n) is 3.46. The second kappa shape index (κ2) is 8.19. The van der Waals surface area contributed by atoms with Gasteiger partial charge in [-0.25, -0.2) is 4.79 Å². The molecule has 1 aromatic rings. The highest BCUT2D eigenvalue weighted by Crippen LogP contribution is 2.36. The zero-order chi connectivity index (χ0) is 19.5. The van der Waals surface area contributed by atoms with Gasteiger partial charge in [0, 0.05) is 12.6 Å². The molecule has 1 heterocycles. The lowest BCUT2D eigenvalue weighted by Crippen LogP contribution is -2.47. The first-order valence-electron chi connectivity index (χ1n) is 9.66. The summed E-state index contributed by atoms with van der Waals surface area (Å²) < 4.78 is 11.4. The van der Waals surface area contributed by atoms with Gasteiger partial charge in [-0.15, -0.1) is 0 Å². The fraction of sp³-hybridized carbons (Fsp3) is 0.667. The number of likely N-dealkylation sites (tertiary alicyclic amines) is 1. The second-order valence-corrected chi connectivity index (χ2v) is 8.42. The number of rotatable bonds is 4. The van der Waals surface area contributed by atoms with E-state index in [0.717, 1.165) is 25.0 Å². The van der Waals surface area contributed by atoms with Gasteiger partial charge in [0.25, 0.3) is 0 Å². The smallest absolute Gasteiger partial charge is 0.410 e. The number of hydrogen-bond donors (Lipinski definition) is 1. The zero-order valence-corrected chi connectivity index (χ0v) is 17.0. The summed E-state index contributed by atoms with van der Waals surface area (Å²) >= 11 is 0. The Kier molecular flexibility index (Phi) is 6.43. The maximum absolute atomic E-state index is 12.5. The summed E-state index contributed by atoms with van der Waals surface area (Å²) in [5.41, 5.74) is 7.48. The number of amides is 1. The molecule has 0 aromatic heterocycles.